The minimum absolute atomic E-state index is 0.0465. The van der Waals surface area contributed by atoms with E-state index in [4.69, 9.17) is 0 Å². The molecule has 2 N–H and O–H groups in total. The zero-order chi connectivity index (χ0) is 21.5. The Kier molecular flexibility index (Phi) is 7.94. The largest absolute Gasteiger partial charge is 0.353 e. The predicted molar refractivity (Wildman–Crippen MR) is 115 cm³/mol. The van der Waals surface area contributed by atoms with Crippen molar-refractivity contribution in [3.8, 4) is 0 Å². The van der Waals surface area contributed by atoms with Crippen LogP contribution in [0.5, 0.6) is 0 Å². The number of carbonyl (C=O) groups excluding carboxylic acids is 1. The molecule has 1 fully saturated rings. The Bertz CT molecular complexity index is 763. The summed E-state index contributed by atoms with van der Waals surface area (Å²) in [5.74, 6) is -0.398. The van der Waals surface area contributed by atoms with E-state index in [1.54, 1.807) is 24.3 Å². The van der Waals surface area contributed by atoms with Gasteiger partial charge in [-0.15, -0.1) is 0 Å². The summed E-state index contributed by atoms with van der Waals surface area (Å²) < 4.78 is 26.8. The second-order valence-electron chi connectivity index (χ2n) is 8.27. The van der Waals surface area contributed by atoms with Crippen LogP contribution < -0.4 is 10.6 Å². The van der Waals surface area contributed by atoms with E-state index in [0.717, 1.165) is 43.6 Å². The molecule has 1 heterocycles. The molecule has 0 saturated carbocycles. The fourth-order valence-corrected chi connectivity index (χ4v) is 4.01. The summed E-state index contributed by atoms with van der Waals surface area (Å²) in [6.45, 7) is 7.19. The average Bonchev–Trinajstić information content (AvgIpc) is 2.73. The van der Waals surface area contributed by atoms with Gasteiger partial charge in [-0.2, -0.15) is 0 Å². The summed E-state index contributed by atoms with van der Waals surface area (Å²) >= 11 is 0. The molecule has 0 aliphatic carbocycles. The molecule has 4 nitrogen and oxygen atoms in total. The summed E-state index contributed by atoms with van der Waals surface area (Å²) in [4.78, 5) is 14.6. The first-order valence-corrected chi connectivity index (χ1v) is 10.7. The highest BCUT2D eigenvalue weighted by molar-refractivity contribution is 5.82. The maximum Gasteiger partial charge on any atom is 0.238 e. The Hall–Kier alpha value is -2.31. The lowest BCUT2D eigenvalue weighted by molar-refractivity contribution is -0.124. The second kappa shape index (κ2) is 10.6. The van der Waals surface area contributed by atoms with Gasteiger partial charge in [0, 0.05) is 31.6 Å². The molecule has 162 valence electrons. The molecule has 1 atom stereocenters. The van der Waals surface area contributed by atoms with Crippen molar-refractivity contribution in [1.82, 2.24) is 15.5 Å². The van der Waals surface area contributed by atoms with Crippen molar-refractivity contribution < 1.29 is 13.6 Å². The van der Waals surface area contributed by atoms with E-state index >= 15 is 0 Å². The highest BCUT2D eigenvalue weighted by Gasteiger charge is 2.25. The number of nitrogens with zero attached hydrogens (tertiary/aromatic N) is 1. The van der Waals surface area contributed by atoms with Gasteiger partial charge in [-0.05, 0) is 68.6 Å². The monoisotopic (exact) mass is 415 g/mol. The van der Waals surface area contributed by atoms with Crippen molar-refractivity contribution >= 4 is 5.91 Å². The number of hydrogen-bond acceptors (Lipinski definition) is 3. The average molecular weight is 416 g/mol. The van der Waals surface area contributed by atoms with Crippen molar-refractivity contribution in [1.29, 1.82) is 0 Å². The van der Waals surface area contributed by atoms with E-state index in [1.165, 1.54) is 24.3 Å². The highest BCUT2D eigenvalue weighted by Crippen LogP contribution is 2.29. The van der Waals surface area contributed by atoms with E-state index in [1.807, 2.05) is 13.8 Å². The number of benzene rings is 2. The molecule has 1 saturated heterocycles. The lowest BCUT2D eigenvalue weighted by atomic mass is 9.87. The molecule has 30 heavy (non-hydrogen) atoms. The first-order valence-electron chi connectivity index (χ1n) is 10.7. The standard InChI is InChI=1S/C24H31F2N3O/c1-17(2)28-24(30)23-16-29(15-13-27-23)14-3-4-22(18-5-9-20(25)10-6-18)19-7-11-21(26)12-8-19/h5-12,17,22-23,27H,3-4,13-16H2,1-2H3,(H,28,30). The third kappa shape index (κ3) is 6.34. The molecule has 1 amide bonds. The topological polar surface area (TPSA) is 44.4 Å². The first-order chi connectivity index (χ1) is 14.4. The van der Waals surface area contributed by atoms with Crippen LogP contribution in [0.4, 0.5) is 8.78 Å². The number of nitrogens with one attached hydrogen (secondary N) is 2. The Morgan fingerprint density at radius 1 is 1.07 bits per heavy atom. The minimum Gasteiger partial charge on any atom is -0.353 e. The van der Waals surface area contributed by atoms with Gasteiger partial charge >= 0.3 is 0 Å². The molecule has 2 aromatic carbocycles. The minimum atomic E-state index is -0.261. The Balaban J connectivity index is 1.61. The van der Waals surface area contributed by atoms with Gasteiger partial charge in [0.2, 0.25) is 5.91 Å². The number of piperazine rings is 1. The molecule has 0 radical (unpaired) electrons. The van der Waals surface area contributed by atoms with Gasteiger partial charge in [-0.1, -0.05) is 24.3 Å². The van der Waals surface area contributed by atoms with Crippen LogP contribution in [-0.4, -0.2) is 49.1 Å². The van der Waals surface area contributed by atoms with Crippen molar-refractivity contribution in [2.45, 2.75) is 44.7 Å². The third-order valence-electron chi connectivity index (χ3n) is 5.52. The van der Waals surface area contributed by atoms with Gasteiger partial charge in [0.05, 0.1) is 6.04 Å². The van der Waals surface area contributed by atoms with Crippen LogP contribution in [0.15, 0.2) is 48.5 Å². The van der Waals surface area contributed by atoms with E-state index in [2.05, 4.69) is 15.5 Å². The lowest BCUT2D eigenvalue weighted by Crippen LogP contribution is -2.57. The maximum absolute atomic E-state index is 13.4. The molecular formula is C24H31F2N3O. The fourth-order valence-electron chi connectivity index (χ4n) is 4.01. The quantitative estimate of drug-likeness (QED) is 0.691. The first kappa shape index (κ1) is 22.4. The summed E-state index contributed by atoms with van der Waals surface area (Å²) in [5, 5.41) is 6.26. The normalized spacial score (nSPS) is 17.5. The molecule has 0 aromatic heterocycles. The Morgan fingerprint density at radius 3 is 2.17 bits per heavy atom. The van der Waals surface area contributed by atoms with E-state index in [0.29, 0.717) is 6.54 Å². The molecule has 1 unspecified atom stereocenters. The zero-order valence-corrected chi connectivity index (χ0v) is 17.7. The SMILES string of the molecule is CC(C)NC(=O)C1CN(CCCC(c2ccc(F)cc2)c2ccc(F)cc2)CCN1. The van der Waals surface area contributed by atoms with Crippen LogP contribution in [0.3, 0.4) is 0 Å². The molecule has 0 spiro atoms. The molecule has 1 aliphatic rings. The molecule has 6 heteroatoms. The Morgan fingerprint density at radius 2 is 1.63 bits per heavy atom. The van der Waals surface area contributed by atoms with Gasteiger partial charge in [0.25, 0.3) is 0 Å². The van der Waals surface area contributed by atoms with E-state index in [9.17, 15) is 13.6 Å². The molecule has 2 aromatic rings. The molecule has 3 rings (SSSR count). The predicted octanol–water partition coefficient (Wildman–Crippen LogP) is 3.68. The van der Waals surface area contributed by atoms with Crippen LogP contribution in [0.2, 0.25) is 0 Å². The van der Waals surface area contributed by atoms with Crippen molar-refractivity contribution in [2.24, 2.45) is 0 Å². The second-order valence-corrected chi connectivity index (χ2v) is 8.27. The molecule has 0 bridgehead atoms. The van der Waals surface area contributed by atoms with Crippen molar-refractivity contribution in [3.63, 3.8) is 0 Å². The van der Waals surface area contributed by atoms with Crippen molar-refractivity contribution in [2.75, 3.05) is 26.2 Å². The van der Waals surface area contributed by atoms with Gasteiger partial charge < -0.3 is 10.6 Å². The highest BCUT2D eigenvalue weighted by atomic mass is 19.1. The van der Waals surface area contributed by atoms with Gasteiger partial charge in [0.15, 0.2) is 0 Å². The number of amides is 1. The smallest absolute Gasteiger partial charge is 0.238 e. The summed E-state index contributed by atoms with van der Waals surface area (Å²) in [6, 6.07) is 13.1. The summed E-state index contributed by atoms with van der Waals surface area (Å²) in [5.41, 5.74) is 2.05. The van der Waals surface area contributed by atoms with Gasteiger partial charge in [0.1, 0.15) is 11.6 Å². The zero-order valence-electron chi connectivity index (χ0n) is 17.7. The summed E-state index contributed by atoms with van der Waals surface area (Å²) in [6.07, 6.45) is 1.79. The summed E-state index contributed by atoms with van der Waals surface area (Å²) in [7, 11) is 0. The molecule has 1 aliphatic heterocycles. The number of hydrogen-bond donors (Lipinski definition) is 2. The van der Waals surface area contributed by atoms with Gasteiger partial charge in [-0.25, -0.2) is 8.78 Å². The van der Waals surface area contributed by atoms with Crippen LogP contribution >= 0.6 is 0 Å². The van der Waals surface area contributed by atoms with Crippen LogP contribution in [0.1, 0.15) is 43.7 Å². The molecular weight excluding hydrogens is 384 g/mol. The number of halogens is 2. The van der Waals surface area contributed by atoms with E-state index < -0.39 is 0 Å². The Labute approximate surface area is 177 Å². The fraction of sp³-hybridized carbons (Fsp3) is 0.458. The maximum atomic E-state index is 13.4. The van der Waals surface area contributed by atoms with Gasteiger partial charge in [-0.3, -0.25) is 9.69 Å². The van der Waals surface area contributed by atoms with Crippen molar-refractivity contribution in [3.05, 3.63) is 71.3 Å². The van der Waals surface area contributed by atoms with Crippen LogP contribution in [0.25, 0.3) is 0 Å². The lowest BCUT2D eigenvalue weighted by Gasteiger charge is -2.33. The number of rotatable bonds is 8. The number of carbonyl (C=O) groups is 1. The van der Waals surface area contributed by atoms with E-state index in [-0.39, 0.29) is 35.5 Å². The van der Waals surface area contributed by atoms with Crippen LogP contribution in [0, 0.1) is 11.6 Å². The third-order valence-corrected chi connectivity index (χ3v) is 5.52. The van der Waals surface area contributed by atoms with Crippen LogP contribution in [-0.2, 0) is 4.79 Å².